The fourth-order valence-corrected chi connectivity index (χ4v) is 7.46. The number of hydrogen-bond acceptors (Lipinski definition) is 5. The highest BCUT2D eigenvalue weighted by Gasteiger charge is 2.19. The van der Waals surface area contributed by atoms with Crippen molar-refractivity contribution >= 4 is 34.1 Å². The zero-order valence-corrected chi connectivity index (χ0v) is 31.8. The maximum absolute atomic E-state index is 6.57. The topological polar surface area (TPSA) is 45.4 Å². The van der Waals surface area contributed by atoms with Gasteiger partial charge < -0.3 is 14.2 Å². The first-order chi connectivity index (χ1) is 28.1. The van der Waals surface area contributed by atoms with Crippen molar-refractivity contribution < 1.29 is 4.42 Å². The molecule has 0 aliphatic heterocycles. The van der Waals surface area contributed by atoms with E-state index < -0.39 is 0 Å². The van der Waals surface area contributed by atoms with Crippen LogP contribution in [0.1, 0.15) is 11.1 Å². The van der Waals surface area contributed by atoms with E-state index in [0.717, 1.165) is 67.9 Å². The number of pyridine rings is 2. The number of benzene rings is 6. The van der Waals surface area contributed by atoms with Gasteiger partial charge in [0.15, 0.2) is 0 Å². The van der Waals surface area contributed by atoms with Crippen molar-refractivity contribution in [1.82, 2.24) is 9.97 Å². The van der Waals surface area contributed by atoms with Gasteiger partial charge in [0.2, 0.25) is 0 Å². The Balaban J connectivity index is 0.997. The molecular weight excluding hydrogens is 697 g/mol. The van der Waals surface area contributed by atoms with Gasteiger partial charge in [-0.2, -0.15) is 0 Å². The number of anilines is 6. The molecule has 0 aliphatic carbocycles. The van der Waals surface area contributed by atoms with Crippen molar-refractivity contribution in [3.05, 3.63) is 218 Å². The molecule has 0 atom stereocenters. The summed E-state index contributed by atoms with van der Waals surface area (Å²) in [6.07, 6.45) is 7.42. The van der Waals surface area contributed by atoms with E-state index in [1.165, 1.54) is 22.3 Å². The summed E-state index contributed by atoms with van der Waals surface area (Å²) < 4.78 is 6.57. The molecule has 0 unspecified atom stereocenters. The van der Waals surface area contributed by atoms with E-state index in [-0.39, 0.29) is 0 Å². The number of hydrogen-bond donors (Lipinski definition) is 0. The number of nitrogens with zero attached hydrogens (tertiary/aromatic N) is 4. The normalized spacial score (nSPS) is 11.0. The molecule has 3 heterocycles. The SMILES string of the molecule is Cc1cc(-c2ccc(-c3ccc(N(c4ccc(-c5ccccc5)cc4)c4cccnc4)c(C)c3)o2)ccc1N(c1ccc(-c2ccccc2)cc1)c1cccnc1. The molecule has 9 rings (SSSR count). The van der Waals surface area contributed by atoms with Crippen LogP contribution in [-0.4, -0.2) is 9.97 Å². The van der Waals surface area contributed by atoms with Gasteiger partial charge in [0.05, 0.1) is 23.8 Å². The zero-order valence-electron chi connectivity index (χ0n) is 31.8. The Morgan fingerprint density at radius 3 is 1.11 bits per heavy atom. The molecule has 0 radical (unpaired) electrons. The minimum absolute atomic E-state index is 0.817. The van der Waals surface area contributed by atoms with Crippen molar-refractivity contribution in [2.24, 2.45) is 0 Å². The van der Waals surface area contributed by atoms with Crippen LogP contribution in [0.4, 0.5) is 34.1 Å². The van der Waals surface area contributed by atoms with Crippen molar-refractivity contribution in [3.8, 4) is 44.9 Å². The Bertz CT molecular complexity index is 2540. The van der Waals surface area contributed by atoms with E-state index in [0.29, 0.717) is 0 Å². The molecular formula is C52H40N4O. The zero-order chi connectivity index (χ0) is 38.6. The van der Waals surface area contributed by atoms with Crippen LogP contribution in [0.25, 0.3) is 44.9 Å². The number of aromatic nitrogens is 2. The summed E-state index contributed by atoms with van der Waals surface area (Å²) in [6, 6.07) is 63.6. The Labute approximate surface area is 333 Å². The summed E-state index contributed by atoms with van der Waals surface area (Å²) in [5, 5.41) is 0. The van der Waals surface area contributed by atoms with Crippen LogP contribution < -0.4 is 9.80 Å². The van der Waals surface area contributed by atoms with E-state index in [1.807, 2.05) is 36.7 Å². The minimum atomic E-state index is 0.817. The second-order valence-corrected chi connectivity index (χ2v) is 14.1. The van der Waals surface area contributed by atoms with Gasteiger partial charge in [-0.05, 0) is 144 Å². The van der Waals surface area contributed by atoms with Crippen molar-refractivity contribution in [3.63, 3.8) is 0 Å². The number of rotatable bonds is 10. The summed E-state index contributed by atoms with van der Waals surface area (Å²) in [5.41, 5.74) is 15.3. The van der Waals surface area contributed by atoms with E-state index in [9.17, 15) is 0 Å². The predicted octanol–water partition coefficient (Wildman–Crippen LogP) is 14.3. The first kappa shape index (κ1) is 35.2. The van der Waals surface area contributed by atoms with Gasteiger partial charge in [-0.3, -0.25) is 9.97 Å². The lowest BCUT2D eigenvalue weighted by Crippen LogP contribution is -2.11. The molecule has 5 nitrogen and oxygen atoms in total. The minimum Gasteiger partial charge on any atom is -0.456 e. The van der Waals surface area contributed by atoms with Crippen LogP contribution in [0, 0.1) is 13.8 Å². The molecule has 0 fully saturated rings. The highest BCUT2D eigenvalue weighted by atomic mass is 16.3. The second-order valence-electron chi connectivity index (χ2n) is 14.1. The number of furan rings is 1. The third kappa shape index (κ3) is 7.34. The monoisotopic (exact) mass is 736 g/mol. The van der Waals surface area contributed by atoms with Crippen molar-refractivity contribution in [2.45, 2.75) is 13.8 Å². The van der Waals surface area contributed by atoms with Crippen molar-refractivity contribution in [1.29, 1.82) is 0 Å². The molecule has 0 saturated carbocycles. The van der Waals surface area contributed by atoms with Crippen LogP contribution in [0.3, 0.4) is 0 Å². The van der Waals surface area contributed by atoms with Gasteiger partial charge in [0.25, 0.3) is 0 Å². The molecule has 0 spiro atoms. The maximum atomic E-state index is 6.57. The smallest absolute Gasteiger partial charge is 0.134 e. The fourth-order valence-electron chi connectivity index (χ4n) is 7.46. The molecule has 0 N–H and O–H groups in total. The molecule has 9 aromatic rings. The Morgan fingerprint density at radius 2 is 0.737 bits per heavy atom. The molecule has 0 saturated heterocycles. The van der Waals surface area contributed by atoms with Crippen molar-refractivity contribution in [2.75, 3.05) is 9.80 Å². The van der Waals surface area contributed by atoms with E-state index in [1.54, 1.807) is 12.4 Å². The standard InChI is InChI=1S/C52H40N4O/c1-37-33-43(21-27-49(37)55(47-15-9-31-53-35-47)45-23-17-41(18-24-45)39-11-5-3-6-12-39)51-29-30-52(57-51)44-22-28-50(38(2)34-44)56(48-16-10-32-54-36-48)46-25-19-42(20-26-46)40-13-7-4-8-14-40/h3-36H,1-2H3. The van der Waals surface area contributed by atoms with E-state index >= 15 is 0 Å². The summed E-state index contributed by atoms with van der Waals surface area (Å²) in [5.74, 6) is 1.63. The van der Waals surface area contributed by atoms with Gasteiger partial charge in [0, 0.05) is 46.3 Å². The third-order valence-corrected chi connectivity index (χ3v) is 10.3. The van der Waals surface area contributed by atoms with Crippen LogP contribution >= 0.6 is 0 Å². The summed E-state index contributed by atoms with van der Waals surface area (Å²) in [7, 11) is 0. The first-order valence-electron chi connectivity index (χ1n) is 19.1. The molecule has 0 amide bonds. The summed E-state index contributed by atoms with van der Waals surface area (Å²) in [4.78, 5) is 13.4. The summed E-state index contributed by atoms with van der Waals surface area (Å²) >= 11 is 0. The van der Waals surface area contributed by atoms with Gasteiger partial charge in [0.1, 0.15) is 11.5 Å². The van der Waals surface area contributed by atoms with Crippen LogP contribution in [-0.2, 0) is 0 Å². The summed E-state index contributed by atoms with van der Waals surface area (Å²) in [6.45, 7) is 4.30. The van der Waals surface area contributed by atoms with Crippen LogP contribution in [0.5, 0.6) is 0 Å². The maximum Gasteiger partial charge on any atom is 0.134 e. The quantitative estimate of drug-likeness (QED) is 0.140. The second kappa shape index (κ2) is 15.7. The Morgan fingerprint density at radius 1 is 0.351 bits per heavy atom. The molecule has 0 aliphatic rings. The van der Waals surface area contributed by atoms with Gasteiger partial charge in [-0.25, -0.2) is 0 Å². The van der Waals surface area contributed by atoms with Gasteiger partial charge in [-0.15, -0.1) is 0 Å². The molecule has 57 heavy (non-hydrogen) atoms. The Kier molecular flexibility index (Phi) is 9.70. The Hall–Kier alpha value is -7.50. The van der Waals surface area contributed by atoms with E-state index in [2.05, 4.69) is 191 Å². The lowest BCUT2D eigenvalue weighted by molar-refractivity contribution is 0.597. The molecule has 6 aromatic carbocycles. The van der Waals surface area contributed by atoms with Gasteiger partial charge >= 0.3 is 0 Å². The van der Waals surface area contributed by atoms with E-state index in [4.69, 9.17) is 4.42 Å². The number of aryl methyl sites for hydroxylation is 2. The fraction of sp³-hybridized carbons (Fsp3) is 0.0385. The largest absolute Gasteiger partial charge is 0.456 e. The lowest BCUT2D eigenvalue weighted by atomic mass is 10.0. The average molecular weight is 737 g/mol. The first-order valence-corrected chi connectivity index (χ1v) is 19.1. The van der Waals surface area contributed by atoms with Gasteiger partial charge in [-0.1, -0.05) is 84.9 Å². The molecule has 0 bridgehead atoms. The molecule has 5 heteroatoms. The third-order valence-electron chi connectivity index (χ3n) is 10.3. The highest BCUT2D eigenvalue weighted by Crippen LogP contribution is 2.41. The van der Waals surface area contributed by atoms with Crippen LogP contribution in [0.15, 0.2) is 211 Å². The molecule has 3 aromatic heterocycles. The average Bonchev–Trinajstić information content (AvgIpc) is 3.78. The lowest BCUT2D eigenvalue weighted by Gasteiger charge is -2.27. The highest BCUT2D eigenvalue weighted by molar-refractivity contribution is 5.83. The molecule has 274 valence electrons. The van der Waals surface area contributed by atoms with Crippen LogP contribution in [0.2, 0.25) is 0 Å². The predicted molar refractivity (Wildman–Crippen MR) is 235 cm³/mol.